The number of rotatable bonds is 3. The van der Waals surface area contributed by atoms with Gasteiger partial charge in [0.2, 0.25) is 0 Å². The normalized spacial score (nSPS) is 15.7. The van der Waals surface area contributed by atoms with E-state index in [4.69, 9.17) is 0 Å². The van der Waals surface area contributed by atoms with Crippen LogP contribution in [0.4, 0.5) is 0 Å². The summed E-state index contributed by atoms with van der Waals surface area (Å²) in [6.07, 6.45) is 1.23. The summed E-state index contributed by atoms with van der Waals surface area (Å²) in [5, 5.41) is 3.27. The van der Waals surface area contributed by atoms with Crippen molar-refractivity contribution >= 4 is 22.6 Å². The lowest BCUT2D eigenvalue weighted by Gasteiger charge is -2.25. The van der Waals surface area contributed by atoms with Crippen LogP contribution in [0.15, 0.2) is 0 Å². The molecule has 1 nitrogen and oxygen atoms in total. The van der Waals surface area contributed by atoms with E-state index in [0.717, 1.165) is 3.92 Å². The Balaban J connectivity index is 3.58. The molecule has 0 saturated carbocycles. The summed E-state index contributed by atoms with van der Waals surface area (Å²) >= 11 is 2.45. The van der Waals surface area contributed by atoms with E-state index in [9.17, 15) is 0 Å². The average molecular weight is 241 g/mol. The van der Waals surface area contributed by atoms with Crippen molar-refractivity contribution in [2.24, 2.45) is 0 Å². The van der Waals surface area contributed by atoms with E-state index in [1.807, 2.05) is 7.05 Å². The van der Waals surface area contributed by atoms with Crippen LogP contribution in [0, 0.1) is 0 Å². The summed E-state index contributed by atoms with van der Waals surface area (Å²) in [4.78, 5) is 0. The predicted octanol–water partition coefficient (Wildman–Crippen LogP) is 2.20. The SMILES string of the molecule is CNC(C)(C)CC(C)I. The molecule has 0 aliphatic rings. The van der Waals surface area contributed by atoms with Gasteiger partial charge in [-0.05, 0) is 27.3 Å². The second-order valence-electron chi connectivity index (χ2n) is 3.12. The molecule has 0 bridgehead atoms. The van der Waals surface area contributed by atoms with Gasteiger partial charge in [0.15, 0.2) is 0 Å². The van der Waals surface area contributed by atoms with Gasteiger partial charge in [0.25, 0.3) is 0 Å². The van der Waals surface area contributed by atoms with Gasteiger partial charge in [-0.25, -0.2) is 0 Å². The molecule has 1 atom stereocenters. The van der Waals surface area contributed by atoms with Gasteiger partial charge < -0.3 is 5.32 Å². The Kier molecular flexibility index (Phi) is 4.05. The molecule has 0 aliphatic heterocycles. The zero-order chi connectivity index (χ0) is 7.49. The van der Waals surface area contributed by atoms with E-state index < -0.39 is 0 Å². The predicted molar refractivity (Wildman–Crippen MR) is 51.2 cm³/mol. The molecule has 0 saturated heterocycles. The first kappa shape index (κ1) is 9.69. The van der Waals surface area contributed by atoms with E-state index in [-0.39, 0.29) is 0 Å². The molecule has 9 heavy (non-hydrogen) atoms. The van der Waals surface area contributed by atoms with Crippen LogP contribution in [-0.4, -0.2) is 16.5 Å². The van der Waals surface area contributed by atoms with Crippen molar-refractivity contribution in [2.45, 2.75) is 36.7 Å². The van der Waals surface area contributed by atoms with Gasteiger partial charge in [-0.2, -0.15) is 0 Å². The molecule has 0 fully saturated rings. The number of nitrogens with one attached hydrogen (secondary N) is 1. The molecule has 0 rings (SSSR count). The Labute approximate surface area is 71.7 Å². The highest BCUT2D eigenvalue weighted by Crippen LogP contribution is 2.15. The molecule has 1 N–H and O–H groups in total. The van der Waals surface area contributed by atoms with Crippen molar-refractivity contribution in [3.63, 3.8) is 0 Å². The number of alkyl halides is 1. The zero-order valence-electron chi connectivity index (χ0n) is 6.66. The first-order valence-corrected chi connectivity index (χ1v) is 4.55. The van der Waals surface area contributed by atoms with Crippen molar-refractivity contribution in [1.29, 1.82) is 0 Å². The summed E-state index contributed by atoms with van der Waals surface area (Å²) in [6, 6.07) is 0. The minimum Gasteiger partial charge on any atom is -0.315 e. The van der Waals surface area contributed by atoms with E-state index in [1.165, 1.54) is 6.42 Å². The minimum absolute atomic E-state index is 0.306. The van der Waals surface area contributed by atoms with Crippen molar-refractivity contribution in [3.05, 3.63) is 0 Å². The van der Waals surface area contributed by atoms with Crippen LogP contribution < -0.4 is 5.32 Å². The van der Waals surface area contributed by atoms with Gasteiger partial charge in [-0.15, -0.1) is 0 Å². The zero-order valence-corrected chi connectivity index (χ0v) is 8.82. The van der Waals surface area contributed by atoms with Crippen LogP contribution in [-0.2, 0) is 0 Å². The molecular formula is C7H16IN. The van der Waals surface area contributed by atoms with E-state index in [0.29, 0.717) is 5.54 Å². The summed E-state index contributed by atoms with van der Waals surface area (Å²) < 4.78 is 0.755. The molecule has 0 heterocycles. The third-order valence-electron chi connectivity index (χ3n) is 1.47. The van der Waals surface area contributed by atoms with Gasteiger partial charge in [-0.3, -0.25) is 0 Å². The smallest absolute Gasteiger partial charge is 0.0132 e. The van der Waals surface area contributed by atoms with Crippen LogP contribution >= 0.6 is 22.6 Å². The molecule has 0 amide bonds. The molecule has 0 aromatic rings. The molecular weight excluding hydrogens is 225 g/mol. The monoisotopic (exact) mass is 241 g/mol. The minimum atomic E-state index is 0.306. The van der Waals surface area contributed by atoms with E-state index >= 15 is 0 Å². The highest BCUT2D eigenvalue weighted by atomic mass is 127. The average Bonchev–Trinajstić information content (AvgIpc) is 1.63. The molecule has 1 unspecified atom stereocenters. The van der Waals surface area contributed by atoms with Gasteiger partial charge in [-0.1, -0.05) is 29.5 Å². The quantitative estimate of drug-likeness (QED) is 0.590. The molecule has 56 valence electrons. The maximum absolute atomic E-state index is 3.27. The van der Waals surface area contributed by atoms with Crippen molar-refractivity contribution in [2.75, 3.05) is 7.05 Å². The van der Waals surface area contributed by atoms with Crippen LogP contribution in [0.2, 0.25) is 0 Å². The lowest BCUT2D eigenvalue weighted by atomic mass is 10.00. The van der Waals surface area contributed by atoms with Gasteiger partial charge in [0.05, 0.1) is 0 Å². The second kappa shape index (κ2) is 3.76. The highest BCUT2D eigenvalue weighted by Gasteiger charge is 2.16. The third kappa shape index (κ3) is 5.15. The second-order valence-corrected chi connectivity index (χ2v) is 5.25. The molecule has 0 spiro atoms. The molecule has 0 radical (unpaired) electrons. The fraction of sp³-hybridized carbons (Fsp3) is 1.00. The third-order valence-corrected chi connectivity index (χ3v) is 1.91. The first-order chi connectivity index (χ1) is 3.98. The van der Waals surface area contributed by atoms with Crippen LogP contribution in [0.5, 0.6) is 0 Å². The lowest BCUT2D eigenvalue weighted by Crippen LogP contribution is -2.37. The van der Waals surface area contributed by atoms with Crippen LogP contribution in [0.3, 0.4) is 0 Å². The standard InChI is InChI=1S/C7H16IN/c1-6(8)5-7(2,3)9-4/h6,9H,5H2,1-4H3. The summed E-state index contributed by atoms with van der Waals surface area (Å²) in [5.41, 5.74) is 0.306. The molecule has 0 aromatic carbocycles. The maximum atomic E-state index is 3.27. The Hall–Kier alpha value is 0.690. The fourth-order valence-electron chi connectivity index (χ4n) is 0.805. The number of halogens is 1. The maximum Gasteiger partial charge on any atom is 0.0132 e. The van der Waals surface area contributed by atoms with Gasteiger partial charge >= 0.3 is 0 Å². The molecule has 2 heteroatoms. The van der Waals surface area contributed by atoms with Gasteiger partial charge in [0, 0.05) is 9.46 Å². The van der Waals surface area contributed by atoms with Crippen molar-refractivity contribution in [3.8, 4) is 0 Å². The van der Waals surface area contributed by atoms with Crippen molar-refractivity contribution < 1.29 is 0 Å². The summed E-state index contributed by atoms with van der Waals surface area (Å²) in [5.74, 6) is 0. The Morgan fingerprint density at radius 3 is 2.11 bits per heavy atom. The first-order valence-electron chi connectivity index (χ1n) is 3.31. The fourth-order valence-corrected chi connectivity index (χ4v) is 1.91. The topological polar surface area (TPSA) is 12.0 Å². The van der Waals surface area contributed by atoms with Crippen LogP contribution in [0.1, 0.15) is 27.2 Å². The molecule has 0 aliphatic carbocycles. The summed E-state index contributed by atoms with van der Waals surface area (Å²) in [6.45, 7) is 6.68. The van der Waals surface area contributed by atoms with Gasteiger partial charge in [0.1, 0.15) is 0 Å². The number of hydrogen-bond donors (Lipinski definition) is 1. The lowest BCUT2D eigenvalue weighted by molar-refractivity contribution is 0.398. The van der Waals surface area contributed by atoms with E-state index in [2.05, 4.69) is 48.7 Å². The largest absolute Gasteiger partial charge is 0.315 e. The molecule has 0 aromatic heterocycles. The van der Waals surface area contributed by atoms with Crippen molar-refractivity contribution in [1.82, 2.24) is 5.32 Å². The Bertz CT molecular complexity index is 79.0. The number of hydrogen-bond acceptors (Lipinski definition) is 1. The highest BCUT2D eigenvalue weighted by molar-refractivity contribution is 14.1. The Morgan fingerprint density at radius 2 is 2.00 bits per heavy atom. The Morgan fingerprint density at radius 1 is 1.56 bits per heavy atom. The van der Waals surface area contributed by atoms with Crippen LogP contribution in [0.25, 0.3) is 0 Å². The summed E-state index contributed by atoms with van der Waals surface area (Å²) in [7, 11) is 2.01. The van der Waals surface area contributed by atoms with E-state index in [1.54, 1.807) is 0 Å².